The zero-order chi connectivity index (χ0) is 23.6. The smallest absolute Gasteiger partial charge is 0.358 e. The number of carbonyl (C=O) groups is 2. The molecule has 0 atom stereocenters. The van der Waals surface area contributed by atoms with E-state index in [9.17, 15) is 27.9 Å². The molecule has 168 valence electrons. The quantitative estimate of drug-likeness (QED) is 0.337. The summed E-state index contributed by atoms with van der Waals surface area (Å²) in [7, 11) is -3.02. The SMILES string of the molecule is COc1cc(Cl)cc(S(=O)(=O)NC(=O)Nc2cscc2-c2nc(C(=O)O)c(O)c(=O)[nH]2)c1. The number of carboxylic acids is 1. The Morgan fingerprint density at radius 1 is 1.25 bits per heavy atom. The van der Waals surface area contributed by atoms with E-state index in [4.69, 9.17) is 21.4 Å². The van der Waals surface area contributed by atoms with E-state index in [2.05, 4.69) is 15.3 Å². The molecular weight excluding hydrogens is 488 g/mol. The summed E-state index contributed by atoms with van der Waals surface area (Å²) in [5.41, 5.74) is -1.88. The third-order valence-electron chi connectivity index (χ3n) is 3.88. The molecule has 0 aliphatic heterocycles. The predicted octanol–water partition coefficient (Wildman–Crippen LogP) is 2.07. The molecule has 1 aromatic carbocycles. The molecule has 12 nitrogen and oxygen atoms in total. The fraction of sp³-hybridized carbons (Fsp3) is 0.0588. The molecule has 15 heteroatoms. The number of carboxylic acid groups (broad SMARTS) is 1. The van der Waals surface area contributed by atoms with Gasteiger partial charge in [0.25, 0.3) is 15.6 Å². The first kappa shape index (κ1) is 23.1. The van der Waals surface area contributed by atoms with Crippen LogP contribution in [0.5, 0.6) is 11.5 Å². The molecule has 5 N–H and O–H groups in total. The van der Waals surface area contributed by atoms with E-state index >= 15 is 0 Å². The van der Waals surface area contributed by atoms with Gasteiger partial charge in [-0.3, -0.25) is 4.79 Å². The van der Waals surface area contributed by atoms with Gasteiger partial charge in [-0.15, -0.1) is 11.3 Å². The van der Waals surface area contributed by atoms with Crippen LogP contribution in [0.15, 0.2) is 38.6 Å². The highest BCUT2D eigenvalue weighted by atomic mass is 35.5. The normalized spacial score (nSPS) is 11.1. The minimum atomic E-state index is -4.33. The third kappa shape index (κ3) is 4.82. The largest absolute Gasteiger partial charge is 0.501 e. The molecule has 0 aliphatic carbocycles. The highest BCUT2D eigenvalue weighted by Crippen LogP contribution is 2.30. The number of anilines is 1. The fourth-order valence-electron chi connectivity index (χ4n) is 2.46. The molecule has 0 fully saturated rings. The minimum absolute atomic E-state index is 0.0246. The van der Waals surface area contributed by atoms with E-state index < -0.39 is 39.0 Å². The van der Waals surface area contributed by atoms with Crippen molar-refractivity contribution in [1.82, 2.24) is 14.7 Å². The number of urea groups is 1. The number of nitrogens with zero attached hydrogens (tertiary/aromatic N) is 1. The Hall–Kier alpha value is -3.62. The molecule has 32 heavy (non-hydrogen) atoms. The highest BCUT2D eigenvalue weighted by Gasteiger charge is 2.22. The van der Waals surface area contributed by atoms with Crippen molar-refractivity contribution < 1.29 is 33.0 Å². The number of aromatic nitrogens is 2. The van der Waals surface area contributed by atoms with Crippen molar-refractivity contribution >= 4 is 50.6 Å². The monoisotopic (exact) mass is 500 g/mol. The lowest BCUT2D eigenvalue weighted by molar-refractivity contribution is 0.0686. The lowest BCUT2D eigenvalue weighted by Crippen LogP contribution is -2.34. The van der Waals surface area contributed by atoms with Crippen molar-refractivity contribution in [3.8, 4) is 22.9 Å². The van der Waals surface area contributed by atoms with Gasteiger partial charge >= 0.3 is 12.0 Å². The van der Waals surface area contributed by atoms with Gasteiger partial charge in [0.1, 0.15) is 11.6 Å². The standard InChI is InChI=1S/C17H13ClN4O8S2/c1-30-8-2-7(18)3-9(4-8)32(28,29)22-17(27)19-11-6-31-5-10(11)14-20-12(16(25)26)13(23)15(24)21-14/h2-6,23H,1H3,(H,25,26)(H2,19,22,27)(H,20,21,24). The van der Waals surface area contributed by atoms with E-state index in [-0.39, 0.29) is 32.7 Å². The molecule has 3 aromatic rings. The van der Waals surface area contributed by atoms with Crippen LogP contribution < -0.4 is 20.3 Å². The number of aromatic hydroxyl groups is 1. The first-order chi connectivity index (χ1) is 15.0. The number of rotatable bonds is 6. The summed E-state index contributed by atoms with van der Waals surface area (Å²) in [5, 5.41) is 23.8. The Bertz CT molecular complexity index is 1380. The van der Waals surface area contributed by atoms with E-state index in [1.807, 2.05) is 0 Å². The van der Waals surface area contributed by atoms with E-state index in [0.717, 1.165) is 23.5 Å². The zero-order valence-corrected chi connectivity index (χ0v) is 18.3. The van der Waals surface area contributed by atoms with Crippen molar-refractivity contribution in [2.45, 2.75) is 4.90 Å². The van der Waals surface area contributed by atoms with Crippen LogP contribution in [0.1, 0.15) is 10.5 Å². The molecular formula is C17H13ClN4O8S2. The molecule has 0 bridgehead atoms. The first-order valence-corrected chi connectivity index (χ1v) is 11.1. The van der Waals surface area contributed by atoms with Crippen LogP contribution in [0.4, 0.5) is 10.5 Å². The molecule has 2 heterocycles. The summed E-state index contributed by atoms with van der Waals surface area (Å²) >= 11 is 6.92. The van der Waals surface area contributed by atoms with Gasteiger partial charge in [0, 0.05) is 21.8 Å². The average Bonchev–Trinajstić information content (AvgIpc) is 3.16. The summed E-state index contributed by atoms with van der Waals surface area (Å²) in [6.45, 7) is 0. The van der Waals surface area contributed by atoms with E-state index in [1.165, 1.54) is 23.9 Å². The van der Waals surface area contributed by atoms with Gasteiger partial charge in [0.05, 0.1) is 23.3 Å². The van der Waals surface area contributed by atoms with Gasteiger partial charge in [-0.1, -0.05) is 11.6 Å². The Morgan fingerprint density at radius 3 is 2.62 bits per heavy atom. The summed E-state index contributed by atoms with van der Waals surface area (Å²) in [6.07, 6.45) is 0. The van der Waals surface area contributed by atoms with E-state index in [1.54, 1.807) is 4.72 Å². The van der Waals surface area contributed by atoms with Crippen LogP contribution >= 0.6 is 22.9 Å². The van der Waals surface area contributed by atoms with Crippen molar-refractivity contribution in [3.63, 3.8) is 0 Å². The summed E-state index contributed by atoms with van der Waals surface area (Å²) < 4.78 is 31.8. The minimum Gasteiger partial charge on any atom is -0.501 e. The molecule has 0 radical (unpaired) electrons. The number of halogens is 1. The molecule has 0 saturated carbocycles. The van der Waals surface area contributed by atoms with Gasteiger partial charge in [-0.25, -0.2) is 27.7 Å². The fourth-order valence-corrected chi connectivity index (χ4v) is 4.48. The molecule has 2 aromatic heterocycles. The van der Waals surface area contributed by atoms with Crippen molar-refractivity contribution in [1.29, 1.82) is 0 Å². The molecule has 3 rings (SSSR count). The Labute approximate surface area is 188 Å². The molecule has 2 amide bonds. The van der Waals surface area contributed by atoms with Gasteiger partial charge in [0.15, 0.2) is 5.69 Å². The van der Waals surface area contributed by atoms with Crippen molar-refractivity contribution in [3.05, 3.63) is 50.0 Å². The van der Waals surface area contributed by atoms with Crippen LogP contribution in [0.2, 0.25) is 5.02 Å². The third-order valence-corrected chi connectivity index (χ3v) is 6.15. The van der Waals surface area contributed by atoms with Crippen LogP contribution in [-0.2, 0) is 10.0 Å². The molecule has 0 saturated heterocycles. The second kappa shape index (κ2) is 8.86. The number of benzene rings is 1. The summed E-state index contributed by atoms with van der Waals surface area (Å²) in [6, 6.07) is 2.52. The van der Waals surface area contributed by atoms with Crippen LogP contribution in [-0.4, -0.2) is 47.7 Å². The molecule has 0 aliphatic rings. The van der Waals surface area contributed by atoms with Gasteiger partial charge in [-0.2, -0.15) is 0 Å². The predicted molar refractivity (Wildman–Crippen MR) is 114 cm³/mol. The second-order valence-electron chi connectivity index (χ2n) is 6.00. The van der Waals surface area contributed by atoms with Gasteiger partial charge in [-0.05, 0) is 12.1 Å². The van der Waals surface area contributed by atoms with Crippen LogP contribution in [0.25, 0.3) is 11.4 Å². The van der Waals surface area contributed by atoms with Crippen LogP contribution in [0.3, 0.4) is 0 Å². The second-order valence-corrected chi connectivity index (χ2v) is 8.86. The Balaban J connectivity index is 1.87. The number of thiophene rings is 1. The Morgan fingerprint density at radius 2 is 1.97 bits per heavy atom. The maximum Gasteiger partial charge on any atom is 0.358 e. The number of hydrogen-bond acceptors (Lipinski definition) is 9. The number of nitrogens with one attached hydrogen (secondary N) is 3. The Kier molecular flexibility index (Phi) is 6.38. The number of sulfonamides is 1. The zero-order valence-electron chi connectivity index (χ0n) is 15.9. The number of hydrogen-bond donors (Lipinski definition) is 5. The van der Waals surface area contributed by atoms with Crippen LogP contribution in [0, 0.1) is 0 Å². The van der Waals surface area contributed by atoms with Gasteiger partial charge in [0.2, 0.25) is 5.75 Å². The number of methoxy groups -OCH3 is 1. The number of aromatic carboxylic acids is 1. The highest BCUT2D eigenvalue weighted by molar-refractivity contribution is 7.90. The molecule has 0 spiro atoms. The van der Waals surface area contributed by atoms with Crippen molar-refractivity contribution in [2.75, 3.05) is 12.4 Å². The number of amides is 2. The summed E-state index contributed by atoms with van der Waals surface area (Å²) in [4.78, 5) is 40.9. The topological polar surface area (TPSA) is 188 Å². The number of aromatic amines is 1. The maximum atomic E-state index is 12.5. The lowest BCUT2D eigenvalue weighted by atomic mass is 10.2. The number of ether oxygens (including phenoxy) is 1. The first-order valence-electron chi connectivity index (χ1n) is 8.33. The number of H-pyrrole nitrogens is 1. The van der Waals surface area contributed by atoms with Gasteiger partial charge < -0.3 is 25.3 Å². The lowest BCUT2D eigenvalue weighted by Gasteiger charge is -2.11. The average molecular weight is 501 g/mol. The number of carbonyl (C=O) groups excluding carboxylic acids is 1. The summed E-state index contributed by atoms with van der Waals surface area (Å²) in [5.74, 6) is -2.81. The maximum absolute atomic E-state index is 12.5. The van der Waals surface area contributed by atoms with E-state index in [0.29, 0.717) is 0 Å². The van der Waals surface area contributed by atoms with Crippen molar-refractivity contribution in [2.24, 2.45) is 0 Å². The molecule has 0 unspecified atom stereocenters.